The second-order valence-corrected chi connectivity index (χ2v) is 18.8. The molecule has 18 atom stereocenters. The van der Waals surface area contributed by atoms with Gasteiger partial charge in [0.1, 0.15) is 67.1 Å². The van der Waals surface area contributed by atoms with E-state index in [1.165, 1.54) is 6.92 Å². The number of rotatable bonds is 20. The smallest absolute Gasteiger partial charge is 0.388 e. The Morgan fingerprint density at radius 3 is 1.92 bits per heavy atom. The van der Waals surface area contributed by atoms with Crippen LogP contribution in [0, 0.1) is 17.8 Å². The number of amides is 1. The van der Waals surface area contributed by atoms with Gasteiger partial charge < -0.3 is 64.4 Å². The molecular weight excluding hydrogens is 943 g/mol. The molecule has 3 heterocycles. The van der Waals surface area contributed by atoms with Gasteiger partial charge in [0.25, 0.3) is 0 Å². The number of carbonyl (C=O) groups is 1. The maximum atomic E-state index is 13.4. The zero-order valence-electron chi connectivity index (χ0n) is 34.2. The summed E-state index contributed by atoms with van der Waals surface area (Å²) in [6.45, 7) is 1.92. The number of nitrogens with one attached hydrogen (secondary N) is 1. The normalized spacial score (nSPS) is 38.4. The van der Waals surface area contributed by atoms with Crippen LogP contribution in [-0.4, -0.2) is 194 Å². The molecular formula is C36H53NO25S3. The fraction of sp³-hybridized carbons (Fsp3) is 0.694. The first-order valence-electron chi connectivity index (χ1n) is 19.9. The van der Waals surface area contributed by atoms with E-state index in [0.717, 1.165) is 5.56 Å². The summed E-state index contributed by atoms with van der Waals surface area (Å²) >= 11 is 0. The summed E-state index contributed by atoms with van der Waals surface area (Å²) < 4.78 is 145. The van der Waals surface area contributed by atoms with Crippen LogP contribution in [0.25, 0.3) is 6.08 Å². The minimum Gasteiger partial charge on any atom is -0.388 e. The molecule has 1 aliphatic carbocycles. The lowest BCUT2D eigenvalue weighted by Crippen LogP contribution is -2.67. The fourth-order valence-corrected chi connectivity index (χ4v) is 8.88. The topological polar surface area (TPSA) is 397 Å². The lowest BCUT2D eigenvalue weighted by Gasteiger charge is -2.49. The van der Waals surface area contributed by atoms with Crippen molar-refractivity contribution in [2.75, 3.05) is 26.4 Å². The highest BCUT2D eigenvalue weighted by molar-refractivity contribution is 7.81. The van der Waals surface area contributed by atoms with Crippen molar-refractivity contribution in [3.8, 4) is 0 Å². The molecule has 3 saturated heterocycles. The van der Waals surface area contributed by atoms with Crippen LogP contribution in [0.3, 0.4) is 0 Å². The van der Waals surface area contributed by atoms with Gasteiger partial charge in [-0.25, -0.2) is 12.5 Å². The Morgan fingerprint density at radius 1 is 0.723 bits per heavy atom. The Hall–Kier alpha value is -2.70. The average molecular weight is 996 g/mol. The minimum absolute atomic E-state index is 0.0613. The summed E-state index contributed by atoms with van der Waals surface area (Å²) in [6.07, 6.45) is -24.2. The van der Waals surface area contributed by atoms with E-state index >= 15 is 0 Å². The highest BCUT2D eigenvalue weighted by Crippen LogP contribution is 2.39. The number of allylic oxidation sites excluding steroid dienone is 2. The quantitative estimate of drug-likeness (QED) is 0.0346. The molecule has 3 unspecified atom stereocenters. The van der Waals surface area contributed by atoms with Crippen LogP contribution in [0.5, 0.6) is 0 Å². The molecule has 5 rings (SSSR count). The third-order valence-corrected chi connectivity index (χ3v) is 12.3. The van der Waals surface area contributed by atoms with Gasteiger partial charge >= 0.3 is 31.2 Å². The standard InChI is InChI=1S/C36H53NO25S3/c1-3-20-13-19(10-9-18-7-5-4-6-8-18)14-21(20)33(44)37-11-12-54-34-29(43)32(61-35-27(41)26(40)24(38)17(2)57-35)30(23(59-34)16-56-64(48,49)50)60-36-28(42)31(62-65(51,52)53)25(39)22(58-36)15-55-63(45,46)47/h3-10,17,19-32,34-36,38-43H,1,11-16H2,2H3,(H,37,44)(H,45,46,47)(H,48,49,50)(H,51,52,53)/b10-9+/t17-,19?,20?,21?,22+,23+,24+,25-,26+,27-,28+,29+,30+,31-,32+,34+,35-,36-/m0/s1. The SMILES string of the molecule is C=CC1CC(/C=C/c2ccccc2)CC1C(=O)NCCO[C@@H]1O[C@H](COS(=O)(=O)O)[C@@H](O[C@@H]2O[C@H](COS(=O)(=O)O)[C@H](O)[C@H](OS(=O)(=O)O)[C@H]2O)[C@H](O[C@@H]2O[C@@H](C)[C@@H](O)[C@@H](O)[C@@H]2O)[C@H]1O. The van der Waals surface area contributed by atoms with Crippen LogP contribution < -0.4 is 5.32 Å². The number of hydrogen-bond acceptors (Lipinski definition) is 22. The molecule has 1 aromatic carbocycles. The van der Waals surface area contributed by atoms with Crippen molar-refractivity contribution in [2.45, 2.75) is 112 Å². The Morgan fingerprint density at radius 2 is 1.31 bits per heavy atom. The van der Waals surface area contributed by atoms with Gasteiger partial charge in [0, 0.05) is 12.5 Å². The van der Waals surface area contributed by atoms with Crippen LogP contribution in [0.2, 0.25) is 0 Å². The highest BCUT2D eigenvalue weighted by Gasteiger charge is 2.55. The largest absolute Gasteiger partial charge is 0.397 e. The summed E-state index contributed by atoms with van der Waals surface area (Å²) in [4.78, 5) is 13.4. The summed E-state index contributed by atoms with van der Waals surface area (Å²) in [7, 11) is -16.1. The van der Waals surface area contributed by atoms with Crippen molar-refractivity contribution in [2.24, 2.45) is 17.8 Å². The van der Waals surface area contributed by atoms with Crippen molar-refractivity contribution in [1.29, 1.82) is 0 Å². The Balaban J connectivity index is 1.38. The van der Waals surface area contributed by atoms with E-state index in [-0.39, 0.29) is 24.3 Å². The summed E-state index contributed by atoms with van der Waals surface area (Å²) in [5.74, 6) is -0.922. The molecule has 10 N–H and O–H groups in total. The first-order chi connectivity index (χ1) is 30.4. The molecule has 3 aliphatic heterocycles. The molecule has 0 spiro atoms. The van der Waals surface area contributed by atoms with Crippen molar-refractivity contribution in [3.63, 3.8) is 0 Å². The Bertz CT molecular complexity index is 2100. The van der Waals surface area contributed by atoms with E-state index < -0.39 is 149 Å². The van der Waals surface area contributed by atoms with Gasteiger partial charge in [-0.1, -0.05) is 48.6 Å². The van der Waals surface area contributed by atoms with Crippen LogP contribution in [0.1, 0.15) is 25.3 Å². The molecule has 0 aromatic heterocycles. The van der Waals surface area contributed by atoms with Gasteiger partial charge in [-0.2, -0.15) is 25.3 Å². The van der Waals surface area contributed by atoms with E-state index in [1.54, 1.807) is 6.08 Å². The van der Waals surface area contributed by atoms with Crippen LogP contribution >= 0.6 is 0 Å². The zero-order valence-corrected chi connectivity index (χ0v) is 36.7. The summed E-state index contributed by atoms with van der Waals surface area (Å²) in [6, 6.07) is 9.57. The van der Waals surface area contributed by atoms with Crippen LogP contribution in [-0.2, 0) is 77.0 Å². The molecule has 1 aromatic rings. The summed E-state index contributed by atoms with van der Waals surface area (Å²) in [5, 5.41) is 67.8. The second-order valence-electron chi connectivity index (χ2n) is 15.5. The molecule has 4 fully saturated rings. The maximum Gasteiger partial charge on any atom is 0.397 e. The molecule has 0 radical (unpaired) electrons. The molecule has 370 valence electrons. The van der Waals surface area contributed by atoms with E-state index in [0.29, 0.717) is 12.8 Å². The predicted molar refractivity (Wildman–Crippen MR) is 213 cm³/mol. The number of ether oxygens (including phenoxy) is 6. The van der Waals surface area contributed by atoms with Crippen LogP contribution in [0.4, 0.5) is 0 Å². The zero-order chi connectivity index (χ0) is 48.0. The fourth-order valence-electron chi connectivity index (χ4n) is 7.76. The van der Waals surface area contributed by atoms with E-state index in [2.05, 4.69) is 24.4 Å². The van der Waals surface area contributed by atoms with Gasteiger partial charge in [0.05, 0.1) is 25.9 Å². The highest BCUT2D eigenvalue weighted by atomic mass is 32.3. The monoisotopic (exact) mass is 995 g/mol. The number of aliphatic hydroxyl groups excluding tert-OH is 6. The average Bonchev–Trinajstić information content (AvgIpc) is 3.66. The molecule has 29 heteroatoms. The Labute approximate surface area is 373 Å². The van der Waals surface area contributed by atoms with Gasteiger partial charge in [-0.05, 0) is 37.2 Å². The molecule has 26 nitrogen and oxygen atoms in total. The van der Waals surface area contributed by atoms with Crippen LogP contribution in [0.15, 0.2) is 49.1 Å². The van der Waals surface area contributed by atoms with Crippen molar-refractivity contribution in [1.82, 2.24) is 5.32 Å². The lowest BCUT2D eigenvalue weighted by atomic mass is 9.95. The number of aliphatic hydroxyl groups is 6. The first-order valence-corrected chi connectivity index (χ1v) is 24.0. The molecule has 65 heavy (non-hydrogen) atoms. The van der Waals surface area contributed by atoms with Gasteiger partial charge in [0.15, 0.2) is 18.9 Å². The van der Waals surface area contributed by atoms with Crippen molar-refractivity contribution >= 4 is 43.2 Å². The van der Waals surface area contributed by atoms with Gasteiger partial charge in [-0.3, -0.25) is 18.5 Å². The van der Waals surface area contributed by atoms with Crippen molar-refractivity contribution in [3.05, 3.63) is 54.6 Å². The summed E-state index contributed by atoms with van der Waals surface area (Å²) in [5.41, 5.74) is 0.988. The third-order valence-electron chi connectivity index (χ3n) is 11.0. The second kappa shape index (κ2) is 22.6. The first kappa shape index (κ1) is 53.3. The van der Waals surface area contributed by atoms with Crippen molar-refractivity contribution < 1.29 is 115 Å². The number of carbonyl (C=O) groups excluding carboxylic acids is 1. The lowest BCUT2D eigenvalue weighted by molar-refractivity contribution is -0.384. The molecule has 1 saturated carbocycles. The maximum absolute atomic E-state index is 13.4. The minimum atomic E-state index is -5.54. The predicted octanol–water partition coefficient (Wildman–Crippen LogP) is -3.38. The number of hydrogen-bond donors (Lipinski definition) is 10. The molecule has 4 aliphatic rings. The van der Waals surface area contributed by atoms with Gasteiger partial charge in [-0.15, -0.1) is 6.58 Å². The number of benzene rings is 1. The molecule has 1 amide bonds. The van der Waals surface area contributed by atoms with E-state index in [9.17, 15) is 69.8 Å². The Kier molecular flexibility index (Phi) is 18.5. The van der Waals surface area contributed by atoms with Gasteiger partial charge in [0.2, 0.25) is 5.91 Å². The molecule has 0 bridgehead atoms. The van der Waals surface area contributed by atoms with E-state index in [1.807, 2.05) is 42.5 Å². The third kappa shape index (κ3) is 14.9. The van der Waals surface area contributed by atoms with E-state index in [4.69, 9.17) is 33.0 Å².